The maximum absolute atomic E-state index is 12.6. The Hall–Kier alpha value is -3.02. The molecule has 1 aliphatic rings. The first-order valence-electron chi connectivity index (χ1n) is 11.1. The molecule has 1 fully saturated rings. The van der Waals surface area contributed by atoms with Crippen LogP contribution in [0.3, 0.4) is 0 Å². The summed E-state index contributed by atoms with van der Waals surface area (Å²) in [6.07, 6.45) is 3.04. The molecule has 1 N–H and O–H groups in total. The Bertz CT molecular complexity index is 861. The first-order valence-corrected chi connectivity index (χ1v) is 11.1. The lowest BCUT2D eigenvalue weighted by molar-refractivity contribution is -0.131. The Balaban J connectivity index is 1.47. The van der Waals surface area contributed by atoms with Crippen LogP contribution in [0.15, 0.2) is 48.5 Å². The largest absolute Gasteiger partial charge is 0.490 e. The molecule has 2 aromatic rings. The van der Waals surface area contributed by atoms with Gasteiger partial charge in [-0.2, -0.15) is 0 Å². The number of hydrogen-bond acceptors (Lipinski definition) is 4. The van der Waals surface area contributed by atoms with E-state index in [9.17, 15) is 9.59 Å². The van der Waals surface area contributed by atoms with Crippen molar-refractivity contribution in [2.75, 3.05) is 32.8 Å². The maximum Gasteiger partial charge on any atom is 0.251 e. The van der Waals surface area contributed by atoms with Crippen LogP contribution < -0.4 is 14.8 Å². The Labute approximate surface area is 184 Å². The Kier molecular flexibility index (Phi) is 8.33. The Morgan fingerprint density at radius 1 is 0.968 bits per heavy atom. The number of nitrogens with one attached hydrogen (secondary N) is 1. The highest BCUT2D eigenvalue weighted by Gasteiger charge is 2.23. The van der Waals surface area contributed by atoms with E-state index in [1.165, 1.54) is 5.56 Å². The van der Waals surface area contributed by atoms with Crippen LogP contribution in [0.1, 0.15) is 42.6 Å². The second-order valence-corrected chi connectivity index (χ2v) is 7.72. The quantitative estimate of drug-likeness (QED) is 0.667. The average Bonchev–Trinajstić information content (AvgIpc) is 2.80. The zero-order valence-electron chi connectivity index (χ0n) is 18.4. The summed E-state index contributed by atoms with van der Waals surface area (Å²) in [7, 11) is 0. The van der Waals surface area contributed by atoms with Crippen molar-refractivity contribution in [3.8, 4) is 11.5 Å². The van der Waals surface area contributed by atoms with Crippen molar-refractivity contribution in [1.82, 2.24) is 10.2 Å². The molecule has 0 aliphatic carbocycles. The van der Waals surface area contributed by atoms with Crippen LogP contribution in [0.25, 0.3) is 0 Å². The van der Waals surface area contributed by atoms with E-state index >= 15 is 0 Å². The third kappa shape index (κ3) is 6.48. The molecule has 0 aromatic heterocycles. The van der Waals surface area contributed by atoms with Crippen molar-refractivity contribution in [1.29, 1.82) is 0 Å². The summed E-state index contributed by atoms with van der Waals surface area (Å²) in [5.74, 6) is 1.40. The first kappa shape index (κ1) is 22.7. The fourth-order valence-corrected chi connectivity index (χ4v) is 3.90. The summed E-state index contributed by atoms with van der Waals surface area (Å²) in [4.78, 5) is 27.0. The van der Waals surface area contributed by atoms with E-state index in [1.54, 1.807) is 18.2 Å². The van der Waals surface area contributed by atoms with Gasteiger partial charge in [-0.3, -0.25) is 9.59 Å². The van der Waals surface area contributed by atoms with E-state index in [0.717, 1.165) is 32.4 Å². The monoisotopic (exact) mass is 424 g/mol. The Morgan fingerprint density at radius 3 is 2.32 bits per heavy atom. The lowest BCUT2D eigenvalue weighted by atomic mass is 9.90. The molecule has 0 radical (unpaired) electrons. The van der Waals surface area contributed by atoms with E-state index < -0.39 is 0 Å². The maximum atomic E-state index is 12.6. The van der Waals surface area contributed by atoms with Crippen LogP contribution in [0.5, 0.6) is 11.5 Å². The fraction of sp³-hybridized carbons (Fsp3) is 0.440. The molecule has 6 heteroatoms. The van der Waals surface area contributed by atoms with Crippen LogP contribution in [0.2, 0.25) is 0 Å². The predicted molar refractivity (Wildman–Crippen MR) is 121 cm³/mol. The molecule has 1 saturated heterocycles. The van der Waals surface area contributed by atoms with Crippen LogP contribution >= 0.6 is 0 Å². The average molecular weight is 425 g/mol. The standard InChI is InChI=1S/C25H32N2O4/c1-3-30-22-11-10-21(17-23(22)31-4-2)25(29)26-18-24(28)27-14-12-20(13-15-27)16-19-8-6-5-7-9-19/h5-11,17,20H,3-4,12-16,18H2,1-2H3,(H,26,29). The number of piperidine rings is 1. The normalized spacial score (nSPS) is 14.2. The van der Waals surface area contributed by atoms with Gasteiger partial charge in [-0.15, -0.1) is 0 Å². The number of carbonyl (C=O) groups is 2. The number of nitrogens with zero attached hydrogens (tertiary/aromatic N) is 1. The zero-order chi connectivity index (χ0) is 22.1. The molecular weight excluding hydrogens is 392 g/mol. The summed E-state index contributed by atoms with van der Waals surface area (Å²) in [6, 6.07) is 15.5. The summed E-state index contributed by atoms with van der Waals surface area (Å²) in [6.45, 7) is 6.25. The summed E-state index contributed by atoms with van der Waals surface area (Å²) >= 11 is 0. The van der Waals surface area contributed by atoms with Crippen LogP contribution in [-0.4, -0.2) is 49.6 Å². The predicted octanol–water partition coefficient (Wildman–Crippen LogP) is 3.70. The van der Waals surface area contributed by atoms with E-state index in [4.69, 9.17) is 9.47 Å². The lowest BCUT2D eigenvalue weighted by Gasteiger charge is -2.32. The Morgan fingerprint density at radius 2 is 1.65 bits per heavy atom. The van der Waals surface area contributed by atoms with E-state index in [0.29, 0.717) is 36.2 Å². The van der Waals surface area contributed by atoms with Crippen LogP contribution in [0, 0.1) is 5.92 Å². The van der Waals surface area contributed by atoms with Gasteiger partial charge in [0.1, 0.15) is 0 Å². The minimum absolute atomic E-state index is 0.000630. The molecule has 0 saturated carbocycles. The van der Waals surface area contributed by atoms with Crippen molar-refractivity contribution in [3.05, 3.63) is 59.7 Å². The van der Waals surface area contributed by atoms with Gasteiger partial charge in [-0.1, -0.05) is 30.3 Å². The van der Waals surface area contributed by atoms with Gasteiger partial charge >= 0.3 is 0 Å². The minimum Gasteiger partial charge on any atom is -0.490 e. The number of amides is 2. The van der Waals surface area contributed by atoms with E-state index in [-0.39, 0.29) is 18.4 Å². The van der Waals surface area contributed by atoms with Gasteiger partial charge in [0.2, 0.25) is 5.91 Å². The molecule has 31 heavy (non-hydrogen) atoms. The third-order valence-corrected chi connectivity index (χ3v) is 5.54. The summed E-state index contributed by atoms with van der Waals surface area (Å²) in [5, 5.41) is 2.74. The smallest absolute Gasteiger partial charge is 0.251 e. The van der Waals surface area contributed by atoms with Gasteiger partial charge in [0, 0.05) is 18.7 Å². The fourth-order valence-electron chi connectivity index (χ4n) is 3.90. The number of likely N-dealkylation sites (tertiary alicyclic amines) is 1. The summed E-state index contributed by atoms with van der Waals surface area (Å²) in [5.41, 5.74) is 1.79. The van der Waals surface area contributed by atoms with Crippen molar-refractivity contribution < 1.29 is 19.1 Å². The van der Waals surface area contributed by atoms with Crippen LogP contribution in [0.4, 0.5) is 0 Å². The van der Waals surface area contributed by atoms with Gasteiger partial charge in [0.15, 0.2) is 11.5 Å². The molecule has 2 aromatic carbocycles. The molecule has 3 rings (SSSR count). The third-order valence-electron chi connectivity index (χ3n) is 5.54. The molecule has 0 unspecified atom stereocenters. The van der Waals surface area contributed by atoms with Crippen molar-refractivity contribution in [2.45, 2.75) is 33.1 Å². The van der Waals surface area contributed by atoms with Gasteiger partial charge in [0.05, 0.1) is 19.8 Å². The first-order chi connectivity index (χ1) is 15.1. The number of hydrogen-bond donors (Lipinski definition) is 1. The number of benzene rings is 2. The number of rotatable bonds is 9. The molecule has 0 spiro atoms. The van der Waals surface area contributed by atoms with E-state index in [2.05, 4.69) is 29.6 Å². The molecule has 2 amide bonds. The molecular formula is C25H32N2O4. The molecule has 166 valence electrons. The van der Waals surface area contributed by atoms with Crippen molar-refractivity contribution in [2.24, 2.45) is 5.92 Å². The SMILES string of the molecule is CCOc1ccc(C(=O)NCC(=O)N2CCC(Cc3ccccc3)CC2)cc1OCC. The highest BCUT2D eigenvalue weighted by atomic mass is 16.5. The van der Waals surface area contributed by atoms with Gasteiger partial charge in [-0.05, 0) is 62.8 Å². The molecule has 0 atom stereocenters. The minimum atomic E-state index is -0.295. The summed E-state index contributed by atoms with van der Waals surface area (Å²) < 4.78 is 11.1. The van der Waals surface area contributed by atoms with E-state index in [1.807, 2.05) is 24.8 Å². The molecule has 1 heterocycles. The zero-order valence-corrected chi connectivity index (χ0v) is 18.4. The number of carbonyl (C=O) groups excluding carboxylic acids is 2. The lowest BCUT2D eigenvalue weighted by Crippen LogP contribution is -2.44. The second-order valence-electron chi connectivity index (χ2n) is 7.72. The van der Waals surface area contributed by atoms with Crippen molar-refractivity contribution in [3.63, 3.8) is 0 Å². The molecule has 0 bridgehead atoms. The second kappa shape index (κ2) is 11.4. The molecule has 6 nitrogen and oxygen atoms in total. The van der Waals surface area contributed by atoms with Crippen molar-refractivity contribution >= 4 is 11.8 Å². The highest BCUT2D eigenvalue weighted by Crippen LogP contribution is 2.28. The molecule has 1 aliphatic heterocycles. The topological polar surface area (TPSA) is 67.9 Å². The van der Waals surface area contributed by atoms with Crippen LogP contribution in [-0.2, 0) is 11.2 Å². The highest BCUT2D eigenvalue weighted by molar-refractivity contribution is 5.97. The van der Waals surface area contributed by atoms with Gasteiger partial charge in [0.25, 0.3) is 5.91 Å². The number of ether oxygens (including phenoxy) is 2. The van der Waals surface area contributed by atoms with Gasteiger partial charge < -0.3 is 19.7 Å². The van der Waals surface area contributed by atoms with Gasteiger partial charge in [-0.25, -0.2) is 0 Å².